The number of nitrogens with one attached hydrogen (secondary N) is 1. The molecule has 0 spiro atoms. The molecule has 0 aliphatic carbocycles. The molecule has 4 rings (SSSR count). The van der Waals surface area contributed by atoms with E-state index >= 15 is 0 Å². The Morgan fingerprint density at radius 3 is 2.45 bits per heavy atom. The SMILES string of the molecule is COc1ccc(-c2nnc(NC[C@](C)(O)c3cnn(C)c3)c3ccccc23)cc1. The number of rotatable bonds is 6. The van der Waals surface area contributed by atoms with Crippen LogP contribution in [0.2, 0.25) is 0 Å². The summed E-state index contributed by atoms with van der Waals surface area (Å²) in [6.07, 6.45) is 3.47. The smallest absolute Gasteiger partial charge is 0.156 e. The first-order valence-corrected chi connectivity index (χ1v) is 9.33. The van der Waals surface area contributed by atoms with Gasteiger partial charge in [-0.3, -0.25) is 4.68 Å². The highest BCUT2D eigenvalue weighted by molar-refractivity contribution is 6.00. The van der Waals surface area contributed by atoms with E-state index < -0.39 is 5.60 Å². The minimum atomic E-state index is -1.09. The number of benzene rings is 2. The molecule has 0 radical (unpaired) electrons. The second-order valence-electron chi connectivity index (χ2n) is 7.20. The number of hydrogen-bond donors (Lipinski definition) is 2. The number of aryl methyl sites for hydroxylation is 1. The molecule has 2 heterocycles. The predicted molar refractivity (Wildman–Crippen MR) is 113 cm³/mol. The number of nitrogens with zero attached hydrogens (tertiary/aromatic N) is 4. The van der Waals surface area contributed by atoms with Gasteiger partial charge >= 0.3 is 0 Å². The van der Waals surface area contributed by atoms with Crippen LogP contribution >= 0.6 is 0 Å². The normalized spacial score (nSPS) is 13.2. The van der Waals surface area contributed by atoms with Crippen molar-refractivity contribution < 1.29 is 9.84 Å². The minimum absolute atomic E-state index is 0.277. The topological polar surface area (TPSA) is 85.1 Å². The second-order valence-corrected chi connectivity index (χ2v) is 7.20. The summed E-state index contributed by atoms with van der Waals surface area (Å²) in [7, 11) is 3.47. The maximum absolute atomic E-state index is 10.8. The van der Waals surface area contributed by atoms with Gasteiger partial charge in [-0.1, -0.05) is 24.3 Å². The molecule has 2 N–H and O–H groups in total. The monoisotopic (exact) mass is 389 g/mol. The van der Waals surface area contributed by atoms with Crippen molar-refractivity contribution in [2.24, 2.45) is 7.05 Å². The summed E-state index contributed by atoms with van der Waals surface area (Å²) in [5.41, 5.74) is 1.40. The molecule has 0 aliphatic rings. The van der Waals surface area contributed by atoms with E-state index in [0.717, 1.165) is 33.3 Å². The number of ether oxygens (including phenoxy) is 1. The van der Waals surface area contributed by atoms with E-state index in [9.17, 15) is 5.11 Å². The Labute approximate surface area is 169 Å². The fraction of sp³-hybridized carbons (Fsp3) is 0.227. The van der Waals surface area contributed by atoms with Gasteiger partial charge in [0.25, 0.3) is 0 Å². The molecule has 0 bridgehead atoms. The van der Waals surface area contributed by atoms with Crippen LogP contribution in [0.25, 0.3) is 22.0 Å². The largest absolute Gasteiger partial charge is 0.497 e. The Balaban J connectivity index is 1.66. The summed E-state index contributed by atoms with van der Waals surface area (Å²) in [6, 6.07) is 15.7. The maximum atomic E-state index is 10.8. The molecule has 148 valence electrons. The lowest BCUT2D eigenvalue weighted by atomic mass is 9.99. The standard InChI is InChI=1S/C22H23N5O2/c1-22(28,16-12-24-27(2)13-16)14-23-21-19-7-5-4-6-18(19)20(25-26-21)15-8-10-17(29-3)11-9-15/h4-13,28H,14H2,1-3H3,(H,23,26)/t22-/m0/s1. The van der Waals surface area contributed by atoms with Crippen molar-refractivity contribution in [2.45, 2.75) is 12.5 Å². The fourth-order valence-electron chi connectivity index (χ4n) is 3.25. The molecule has 7 heteroatoms. The Morgan fingerprint density at radius 2 is 1.79 bits per heavy atom. The van der Waals surface area contributed by atoms with Crippen LogP contribution in [0.3, 0.4) is 0 Å². The zero-order valence-electron chi connectivity index (χ0n) is 16.6. The third kappa shape index (κ3) is 3.77. The lowest BCUT2D eigenvalue weighted by molar-refractivity contribution is 0.0714. The average Bonchev–Trinajstić information content (AvgIpc) is 3.19. The molecule has 2 aromatic carbocycles. The fourth-order valence-corrected chi connectivity index (χ4v) is 3.25. The summed E-state index contributed by atoms with van der Waals surface area (Å²) in [6.45, 7) is 2.03. The molecule has 0 saturated heterocycles. The van der Waals surface area contributed by atoms with E-state index in [2.05, 4.69) is 20.6 Å². The molecule has 29 heavy (non-hydrogen) atoms. The zero-order valence-corrected chi connectivity index (χ0v) is 16.6. The van der Waals surface area contributed by atoms with Gasteiger partial charge in [-0.15, -0.1) is 10.2 Å². The molecular weight excluding hydrogens is 366 g/mol. The molecular formula is C22H23N5O2. The van der Waals surface area contributed by atoms with Gasteiger partial charge in [0.15, 0.2) is 5.82 Å². The van der Waals surface area contributed by atoms with Gasteiger partial charge in [0, 0.05) is 41.7 Å². The number of aliphatic hydroxyl groups is 1. The van der Waals surface area contributed by atoms with Crippen molar-refractivity contribution >= 4 is 16.6 Å². The average molecular weight is 389 g/mol. The summed E-state index contributed by atoms with van der Waals surface area (Å²) in [5.74, 6) is 1.42. The van der Waals surface area contributed by atoms with Gasteiger partial charge in [-0.2, -0.15) is 5.10 Å². The van der Waals surface area contributed by atoms with Crippen molar-refractivity contribution in [3.63, 3.8) is 0 Å². The molecule has 7 nitrogen and oxygen atoms in total. The quantitative estimate of drug-likeness (QED) is 0.526. The number of aromatic nitrogens is 4. The number of hydrogen-bond acceptors (Lipinski definition) is 6. The molecule has 0 unspecified atom stereocenters. The summed E-state index contributed by atoms with van der Waals surface area (Å²) in [4.78, 5) is 0. The lowest BCUT2D eigenvalue weighted by Gasteiger charge is -2.23. The van der Waals surface area contributed by atoms with Crippen molar-refractivity contribution in [2.75, 3.05) is 19.0 Å². The third-order valence-corrected chi connectivity index (χ3v) is 4.98. The second kappa shape index (κ2) is 7.52. The Bertz CT molecular complexity index is 1140. The maximum Gasteiger partial charge on any atom is 0.156 e. The van der Waals surface area contributed by atoms with Crippen molar-refractivity contribution in [1.29, 1.82) is 0 Å². The van der Waals surface area contributed by atoms with Gasteiger partial charge < -0.3 is 15.2 Å². The van der Waals surface area contributed by atoms with Gasteiger partial charge in [-0.05, 0) is 31.2 Å². The molecule has 2 aromatic heterocycles. The molecule has 0 fully saturated rings. The number of anilines is 1. The van der Waals surface area contributed by atoms with E-state index in [1.165, 1.54) is 0 Å². The van der Waals surface area contributed by atoms with Crippen molar-refractivity contribution in [3.05, 3.63) is 66.5 Å². The van der Waals surface area contributed by atoms with Gasteiger partial charge in [0.2, 0.25) is 0 Å². The Hall–Kier alpha value is -3.45. The van der Waals surface area contributed by atoms with Crippen molar-refractivity contribution in [1.82, 2.24) is 20.0 Å². The van der Waals surface area contributed by atoms with Crippen LogP contribution in [-0.2, 0) is 12.6 Å². The first-order valence-electron chi connectivity index (χ1n) is 9.33. The van der Waals surface area contributed by atoms with Crippen LogP contribution in [-0.4, -0.2) is 38.7 Å². The van der Waals surface area contributed by atoms with Crippen LogP contribution < -0.4 is 10.1 Å². The van der Waals surface area contributed by atoms with Crippen LogP contribution in [0.4, 0.5) is 5.82 Å². The highest BCUT2D eigenvalue weighted by atomic mass is 16.5. The highest BCUT2D eigenvalue weighted by Crippen LogP contribution is 2.31. The summed E-state index contributed by atoms with van der Waals surface area (Å²) < 4.78 is 6.91. The number of methoxy groups -OCH3 is 1. The van der Waals surface area contributed by atoms with Crippen LogP contribution in [0, 0.1) is 0 Å². The van der Waals surface area contributed by atoms with Crippen LogP contribution in [0.1, 0.15) is 12.5 Å². The number of fused-ring (bicyclic) bond motifs is 1. The van der Waals surface area contributed by atoms with Gasteiger partial charge in [0.1, 0.15) is 17.0 Å². The van der Waals surface area contributed by atoms with Crippen molar-refractivity contribution in [3.8, 4) is 17.0 Å². The van der Waals surface area contributed by atoms with E-state index in [4.69, 9.17) is 4.74 Å². The van der Waals surface area contributed by atoms with Gasteiger partial charge in [-0.25, -0.2) is 0 Å². The predicted octanol–water partition coefficient (Wildman–Crippen LogP) is 3.36. The van der Waals surface area contributed by atoms with E-state index in [1.807, 2.05) is 55.6 Å². The Kier molecular flexibility index (Phi) is 4.90. The van der Waals surface area contributed by atoms with Crippen LogP contribution in [0.5, 0.6) is 5.75 Å². The zero-order chi connectivity index (χ0) is 20.4. The molecule has 0 saturated carbocycles. The molecule has 1 atom stereocenters. The van der Waals surface area contributed by atoms with E-state index in [0.29, 0.717) is 5.82 Å². The molecule has 0 aliphatic heterocycles. The lowest BCUT2D eigenvalue weighted by Crippen LogP contribution is -2.30. The first-order chi connectivity index (χ1) is 14.0. The summed E-state index contributed by atoms with van der Waals surface area (Å²) in [5, 5.41) is 29.0. The van der Waals surface area contributed by atoms with E-state index in [1.54, 1.807) is 31.1 Å². The van der Waals surface area contributed by atoms with Gasteiger partial charge in [0.05, 0.1) is 13.3 Å². The first kappa shape index (κ1) is 18.9. The summed E-state index contributed by atoms with van der Waals surface area (Å²) >= 11 is 0. The highest BCUT2D eigenvalue weighted by Gasteiger charge is 2.25. The third-order valence-electron chi connectivity index (χ3n) is 4.98. The van der Waals surface area contributed by atoms with E-state index in [-0.39, 0.29) is 6.54 Å². The van der Waals surface area contributed by atoms with Crippen LogP contribution in [0.15, 0.2) is 60.9 Å². The molecule has 4 aromatic rings. The Morgan fingerprint density at radius 1 is 1.07 bits per heavy atom. The molecule has 0 amide bonds. The minimum Gasteiger partial charge on any atom is -0.497 e.